The number of anilines is 6. The van der Waals surface area contributed by atoms with Crippen LogP contribution < -0.4 is 14.7 Å². The van der Waals surface area contributed by atoms with Crippen molar-refractivity contribution in [3.8, 4) is 11.1 Å². The number of benzene rings is 5. The summed E-state index contributed by atoms with van der Waals surface area (Å²) in [5.74, 6) is 1.60. The summed E-state index contributed by atoms with van der Waals surface area (Å²) < 4.78 is 0. The summed E-state index contributed by atoms with van der Waals surface area (Å²) in [6.07, 6.45) is 10.9. The molecule has 2 atom stereocenters. The smallest absolute Gasteiger partial charge is 0.345 e. The first-order valence-electron chi connectivity index (χ1n) is 18.4. The van der Waals surface area contributed by atoms with Gasteiger partial charge >= 0.3 is 21.1 Å². The molecule has 9 rings (SSSR count). The Bertz CT molecular complexity index is 2340. The van der Waals surface area contributed by atoms with Crippen LogP contribution in [0.15, 0.2) is 152 Å². The van der Waals surface area contributed by atoms with E-state index in [2.05, 4.69) is 200 Å². The molecule has 3 heterocycles. The maximum atomic E-state index is 5.00. The van der Waals surface area contributed by atoms with Crippen LogP contribution in [-0.4, -0.2) is 17.7 Å². The van der Waals surface area contributed by atoms with Gasteiger partial charge in [-0.1, -0.05) is 118 Å². The third-order valence-corrected chi connectivity index (χ3v) is 11.1. The molecular formula is C48H42N4Pt. The van der Waals surface area contributed by atoms with E-state index < -0.39 is 0 Å². The molecule has 5 heteroatoms. The molecule has 6 aromatic rings. The monoisotopic (exact) mass is 869 g/mol. The Labute approximate surface area is 328 Å². The van der Waals surface area contributed by atoms with Gasteiger partial charge in [0.1, 0.15) is 5.82 Å². The molecule has 0 amide bonds. The number of rotatable bonds is 7. The molecule has 2 aliphatic heterocycles. The van der Waals surface area contributed by atoms with Gasteiger partial charge in [0.25, 0.3) is 0 Å². The number of nitrogens with zero attached hydrogens (tertiary/aromatic N) is 4. The first kappa shape index (κ1) is 34.9. The number of aromatic nitrogens is 1. The predicted octanol–water partition coefficient (Wildman–Crippen LogP) is 11.8. The Morgan fingerprint density at radius 3 is 2.25 bits per heavy atom. The van der Waals surface area contributed by atoms with Crippen molar-refractivity contribution in [2.75, 3.05) is 21.4 Å². The molecular weight excluding hydrogens is 828 g/mol. The fourth-order valence-corrected chi connectivity index (χ4v) is 8.23. The zero-order chi connectivity index (χ0) is 35.4. The molecule has 0 saturated heterocycles. The van der Waals surface area contributed by atoms with Gasteiger partial charge in [0.2, 0.25) is 0 Å². The van der Waals surface area contributed by atoms with E-state index in [0.717, 1.165) is 35.0 Å². The summed E-state index contributed by atoms with van der Waals surface area (Å²) in [6.45, 7) is 9.83. The summed E-state index contributed by atoms with van der Waals surface area (Å²) in [4.78, 5) is 12.1. The molecule has 3 aliphatic rings. The molecule has 264 valence electrons. The van der Waals surface area contributed by atoms with E-state index in [4.69, 9.17) is 4.98 Å². The summed E-state index contributed by atoms with van der Waals surface area (Å²) in [6, 6.07) is 51.5. The van der Waals surface area contributed by atoms with Crippen molar-refractivity contribution in [3.05, 3.63) is 186 Å². The fraction of sp³-hybridized carbons (Fsp3) is 0.188. The largest absolute Gasteiger partial charge is 2.00 e. The Morgan fingerprint density at radius 2 is 1.43 bits per heavy atom. The maximum absolute atomic E-state index is 5.00. The van der Waals surface area contributed by atoms with Crippen LogP contribution in [0.25, 0.3) is 11.1 Å². The van der Waals surface area contributed by atoms with Crippen LogP contribution in [0.2, 0.25) is 0 Å². The molecule has 0 radical (unpaired) electrons. The minimum atomic E-state index is -0.361. The number of para-hydroxylation sites is 3. The van der Waals surface area contributed by atoms with Crippen LogP contribution in [0.1, 0.15) is 61.8 Å². The van der Waals surface area contributed by atoms with Gasteiger partial charge in [-0.2, -0.15) is 47.5 Å². The Kier molecular flexibility index (Phi) is 9.21. The summed E-state index contributed by atoms with van der Waals surface area (Å²) >= 11 is 0. The third-order valence-electron chi connectivity index (χ3n) is 11.1. The number of fused-ring (bicyclic) bond motifs is 4. The zero-order valence-electron chi connectivity index (χ0n) is 30.5. The van der Waals surface area contributed by atoms with Gasteiger partial charge < -0.3 is 14.7 Å². The SMILES string of the molecule is CC(C)c1ccccc1-c1ccnc(N2c3[c-]c(C(C)(C)c4[c-]c(N5CN(c6ccccc6)c6ccccc65)ccc4)ccc3C3C=CC=CC32)c1.[Pt+2]. The van der Waals surface area contributed by atoms with Crippen molar-refractivity contribution in [1.29, 1.82) is 0 Å². The van der Waals surface area contributed by atoms with E-state index in [-0.39, 0.29) is 38.4 Å². The first-order valence-corrected chi connectivity index (χ1v) is 18.4. The molecule has 4 nitrogen and oxygen atoms in total. The second-order valence-corrected chi connectivity index (χ2v) is 14.9. The van der Waals surface area contributed by atoms with Crippen LogP contribution in [-0.2, 0) is 26.5 Å². The number of hydrogen-bond donors (Lipinski definition) is 0. The summed E-state index contributed by atoms with van der Waals surface area (Å²) in [5, 5.41) is 0. The second-order valence-electron chi connectivity index (χ2n) is 14.9. The molecule has 0 N–H and O–H groups in total. The average Bonchev–Trinajstić information content (AvgIpc) is 3.74. The standard InChI is InChI=1S/C48H42N4.Pt/c1-33(2)39-19-8-9-20-40(39)34-27-28-49-47(29-34)52-43-22-11-10-21-41(43)42-26-25-36(31-46(42)52)48(3,4)35-15-14-18-38(30-35)51-32-50(37-16-6-5-7-17-37)44-23-12-13-24-45(44)51;/h5-29,33,41,43H,32H2,1-4H3;/q-2;+2. The summed E-state index contributed by atoms with van der Waals surface area (Å²) in [5.41, 5.74) is 12.7. The van der Waals surface area contributed by atoms with Gasteiger partial charge in [-0.25, -0.2) is 4.98 Å². The molecule has 0 spiro atoms. The van der Waals surface area contributed by atoms with Crippen LogP contribution in [0, 0.1) is 12.1 Å². The van der Waals surface area contributed by atoms with Crippen molar-refractivity contribution < 1.29 is 21.1 Å². The molecule has 0 bridgehead atoms. The van der Waals surface area contributed by atoms with Crippen molar-refractivity contribution in [1.82, 2.24) is 4.98 Å². The number of hydrogen-bond acceptors (Lipinski definition) is 4. The van der Waals surface area contributed by atoms with E-state index in [1.807, 2.05) is 6.20 Å². The molecule has 5 aromatic carbocycles. The van der Waals surface area contributed by atoms with Gasteiger partial charge in [-0.3, -0.25) is 0 Å². The van der Waals surface area contributed by atoms with Crippen LogP contribution in [0.3, 0.4) is 0 Å². The van der Waals surface area contributed by atoms with E-state index >= 15 is 0 Å². The van der Waals surface area contributed by atoms with Gasteiger partial charge in [-0.05, 0) is 70.3 Å². The zero-order valence-corrected chi connectivity index (χ0v) is 32.8. The minimum absolute atomic E-state index is 0. The van der Waals surface area contributed by atoms with Crippen molar-refractivity contribution >= 4 is 34.3 Å². The van der Waals surface area contributed by atoms with Crippen molar-refractivity contribution in [2.45, 2.75) is 51.0 Å². The molecule has 0 fully saturated rings. The third kappa shape index (κ3) is 6.04. The number of allylic oxidation sites excluding steroid dienone is 2. The van der Waals surface area contributed by atoms with Crippen LogP contribution in [0.4, 0.5) is 34.3 Å². The Hall–Kier alpha value is -5.18. The molecule has 2 unspecified atom stereocenters. The van der Waals surface area contributed by atoms with E-state index in [1.54, 1.807) is 0 Å². The first-order chi connectivity index (χ1) is 25.4. The molecule has 1 aromatic heterocycles. The topological polar surface area (TPSA) is 22.6 Å². The second kappa shape index (κ2) is 14.0. The minimum Gasteiger partial charge on any atom is -0.345 e. The Morgan fingerprint density at radius 1 is 0.717 bits per heavy atom. The average molecular weight is 870 g/mol. The van der Waals surface area contributed by atoms with Crippen LogP contribution in [0.5, 0.6) is 0 Å². The number of pyridine rings is 1. The van der Waals surface area contributed by atoms with Crippen molar-refractivity contribution in [2.24, 2.45) is 0 Å². The van der Waals surface area contributed by atoms with Gasteiger partial charge in [-0.15, -0.1) is 11.6 Å². The van der Waals surface area contributed by atoms with Gasteiger partial charge in [0.15, 0.2) is 0 Å². The Balaban J connectivity index is 0.00000400. The van der Waals surface area contributed by atoms with Crippen molar-refractivity contribution in [3.63, 3.8) is 0 Å². The van der Waals surface area contributed by atoms with E-state index in [9.17, 15) is 0 Å². The van der Waals surface area contributed by atoms with Gasteiger partial charge in [0.05, 0.1) is 24.1 Å². The van der Waals surface area contributed by atoms with E-state index in [0.29, 0.717) is 5.92 Å². The molecule has 1 aliphatic carbocycles. The normalized spacial score (nSPS) is 17.1. The van der Waals surface area contributed by atoms with Gasteiger partial charge in [0, 0.05) is 11.9 Å². The van der Waals surface area contributed by atoms with E-state index in [1.165, 1.54) is 39.3 Å². The quantitative estimate of drug-likeness (QED) is 0.149. The van der Waals surface area contributed by atoms with Crippen LogP contribution >= 0.6 is 0 Å². The fourth-order valence-electron chi connectivity index (χ4n) is 8.23. The predicted molar refractivity (Wildman–Crippen MR) is 215 cm³/mol. The molecule has 0 saturated carbocycles. The molecule has 53 heavy (non-hydrogen) atoms. The summed E-state index contributed by atoms with van der Waals surface area (Å²) in [7, 11) is 0. The maximum Gasteiger partial charge on any atom is 2.00 e.